The zero-order valence-corrected chi connectivity index (χ0v) is 18.5. The summed E-state index contributed by atoms with van der Waals surface area (Å²) in [5, 5.41) is 0. The summed E-state index contributed by atoms with van der Waals surface area (Å²) in [5.74, 6) is 0.445. The van der Waals surface area contributed by atoms with E-state index in [0.29, 0.717) is 24.4 Å². The van der Waals surface area contributed by atoms with Crippen LogP contribution >= 0.6 is 0 Å². The standard InChI is InChI=1S/C26H30N2O3/c1-18-19(2)27(15-13-24(18)29)22-9-11-23(12-10-22)28-16-14-25(30)26(20(28)3)31-17-21-7-5-4-6-8-21/h4-8,13-16,22-23H,9-12,17H2,1-3H3. The molecule has 0 amide bonds. The van der Waals surface area contributed by atoms with E-state index >= 15 is 0 Å². The maximum atomic E-state index is 12.5. The molecular weight excluding hydrogens is 388 g/mol. The molecule has 3 aromatic rings. The summed E-state index contributed by atoms with van der Waals surface area (Å²) < 4.78 is 10.4. The molecule has 0 saturated heterocycles. The Bertz CT molecular complexity index is 1170. The number of rotatable bonds is 5. The van der Waals surface area contributed by atoms with E-state index in [9.17, 15) is 9.59 Å². The first-order chi connectivity index (χ1) is 15.0. The second-order valence-electron chi connectivity index (χ2n) is 8.54. The molecule has 0 bridgehead atoms. The third kappa shape index (κ3) is 4.36. The normalized spacial score (nSPS) is 18.7. The van der Waals surface area contributed by atoms with E-state index in [2.05, 4.69) is 9.13 Å². The van der Waals surface area contributed by atoms with Crippen LogP contribution in [0.4, 0.5) is 0 Å². The summed E-state index contributed by atoms with van der Waals surface area (Å²) in [6.45, 7) is 6.30. The Morgan fingerprint density at radius 2 is 1.32 bits per heavy atom. The molecule has 1 aliphatic carbocycles. The number of aromatic nitrogens is 2. The van der Waals surface area contributed by atoms with Gasteiger partial charge in [-0.3, -0.25) is 9.59 Å². The fraction of sp³-hybridized carbons (Fsp3) is 0.385. The number of ether oxygens (including phenoxy) is 1. The molecule has 0 N–H and O–H groups in total. The van der Waals surface area contributed by atoms with Crippen molar-refractivity contribution in [3.05, 3.63) is 97.8 Å². The average Bonchev–Trinajstić information content (AvgIpc) is 2.79. The smallest absolute Gasteiger partial charge is 0.223 e. The molecule has 0 unspecified atom stereocenters. The first kappa shape index (κ1) is 21.2. The summed E-state index contributed by atoms with van der Waals surface area (Å²) in [4.78, 5) is 24.4. The van der Waals surface area contributed by atoms with Crippen LogP contribution in [0.3, 0.4) is 0 Å². The van der Waals surface area contributed by atoms with Gasteiger partial charge in [-0.2, -0.15) is 0 Å². The lowest BCUT2D eigenvalue weighted by Crippen LogP contribution is -2.25. The summed E-state index contributed by atoms with van der Waals surface area (Å²) in [5.41, 5.74) is 3.87. The minimum atomic E-state index is -0.0716. The van der Waals surface area contributed by atoms with Crippen LogP contribution in [0.15, 0.2) is 64.4 Å². The molecule has 0 radical (unpaired) electrons. The van der Waals surface area contributed by atoms with Crippen molar-refractivity contribution in [2.24, 2.45) is 0 Å². The molecule has 1 fully saturated rings. The number of benzene rings is 1. The van der Waals surface area contributed by atoms with Gasteiger partial charge in [0.1, 0.15) is 6.61 Å². The number of pyridine rings is 2. The van der Waals surface area contributed by atoms with E-state index in [4.69, 9.17) is 4.74 Å². The largest absolute Gasteiger partial charge is 0.483 e. The van der Waals surface area contributed by atoms with Gasteiger partial charge in [0.25, 0.3) is 0 Å². The number of nitrogens with zero attached hydrogens (tertiary/aromatic N) is 2. The van der Waals surface area contributed by atoms with E-state index in [1.54, 1.807) is 12.1 Å². The zero-order valence-electron chi connectivity index (χ0n) is 18.5. The quantitative estimate of drug-likeness (QED) is 0.594. The van der Waals surface area contributed by atoms with Gasteiger partial charge in [-0.1, -0.05) is 30.3 Å². The van der Waals surface area contributed by atoms with Gasteiger partial charge in [-0.15, -0.1) is 0 Å². The number of hydrogen-bond donors (Lipinski definition) is 0. The van der Waals surface area contributed by atoms with Gasteiger partial charge >= 0.3 is 0 Å². The SMILES string of the molecule is Cc1c(C)n(C2CCC(n3ccc(=O)c(OCc4ccccc4)c3C)CC2)ccc1=O. The Hall–Kier alpha value is -3.08. The second-order valence-corrected chi connectivity index (χ2v) is 8.54. The topological polar surface area (TPSA) is 53.2 Å². The Kier molecular flexibility index (Phi) is 6.12. The van der Waals surface area contributed by atoms with Gasteiger partial charge in [0, 0.05) is 47.9 Å². The monoisotopic (exact) mass is 418 g/mol. The van der Waals surface area contributed by atoms with Gasteiger partial charge in [0.05, 0.1) is 5.69 Å². The summed E-state index contributed by atoms with van der Waals surface area (Å²) in [6, 6.07) is 14.0. The van der Waals surface area contributed by atoms with E-state index in [0.717, 1.165) is 48.2 Å². The molecule has 1 aromatic carbocycles. The molecule has 5 nitrogen and oxygen atoms in total. The third-order valence-electron chi connectivity index (χ3n) is 6.69. The van der Waals surface area contributed by atoms with Crippen molar-refractivity contribution < 1.29 is 4.74 Å². The lowest BCUT2D eigenvalue weighted by Gasteiger charge is -2.34. The maximum Gasteiger partial charge on any atom is 0.223 e. The molecule has 1 saturated carbocycles. The number of hydrogen-bond acceptors (Lipinski definition) is 3. The molecule has 2 aromatic heterocycles. The summed E-state index contributed by atoms with van der Waals surface area (Å²) in [6.07, 6.45) is 7.98. The predicted molar refractivity (Wildman–Crippen MR) is 123 cm³/mol. The minimum absolute atomic E-state index is 0.0716. The van der Waals surface area contributed by atoms with Crippen LogP contribution in [-0.2, 0) is 6.61 Å². The van der Waals surface area contributed by atoms with E-state index in [-0.39, 0.29) is 10.9 Å². The minimum Gasteiger partial charge on any atom is -0.483 e. The molecule has 2 heterocycles. The van der Waals surface area contributed by atoms with Crippen molar-refractivity contribution in [3.63, 3.8) is 0 Å². The highest BCUT2D eigenvalue weighted by Gasteiger charge is 2.25. The second kappa shape index (κ2) is 8.96. The molecule has 4 rings (SSSR count). The lowest BCUT2D eigenvalue weighted by molar-refractivity contribution is 0.259. The average molecular weight is 419 g/mol. The lowest BCUT2D eigenvalue weighted by atomic mass is 9.90. The van der Waals surface area contributed by atoms with E-state index < -0.39 is 0 Å². The van der Waals surface area contributed by atoms with Gasteiger partial charge in [-0.05, 0) is 52.0 Å². The summed E-state index contributed by atoms with van der Waals surface area (Å²) >= 11 is 0. The predicted octanol–water partition coefficient (Wildman–Crippen LogP) is 4.87. The van der Waals surface area contributed by atoms with Crippen LogP contribution in [0, 0.1) is 20.8 Å². The first-order valence-corrected chi connectivity index (χ1v) is 11.0. The van der Waals surface area contributed by atoms with Crippen LogP contribution in [0.2, 0.25) is 0 Å². The van der Waals surface area contributed by atoms with Crippen molar-refractivity contribution in [1.29, 1.82) is 0 Å². The Labute approximate surface area is 182 Å². The van der Waals surface area contributed by atoms with Gasteiger partial charge in [-0.25, -0.2) is 0 Å². The van der Waals surface area contributed by atoms with Crippen molar-refractivity contribution in [2.75, 3.05) is 0 Å². The first-order valence-electron chi connectivity index (χ1n) is 11.0. The highest BCUT2D eigenvalue weighted by Crippen LogP contribution is 2.36. The van der Waals surface area contributed by atoms with Crippen molar-refractivity contribution >= 4 is 0 Å². The van der Waals surface area contributed by atoms with Crippen LogP contribution in [0.25, 0.3) is 0 Å². The van der Waals surface area contributed by atoms with Crippen molar-refractivity contribution in [2.45, 2.75) is 65.1 Å². The Morgan fingerprint density at radius 3 is 1.94 bits per heavy atom. The van der Waals surface area contributed by atoms with E-state index in [1.807, 2.05) is 63.5 Å². The van der Waals surface area contributed by atoms with Crippen LogP contribution in [-0.4, -0.2) is 9.13 Å². The van der Waals surface area contributed by atoms with Gasteiger partial charge < -0.3 is 13.9 Å². The molecule has 0 atom stereocenters. The molecule has 0 spiro atoms. The third-order valence-corrected chi connectivity index (χ3v) is 6.69. The fourth-order valence-corrected chi connectivity index (χ4v) is 4.70. The van der Waals surface area contributed by atoms with Crippen LogP contribution < -0.4 is 15.6 Å². The molecule has 162 valence electrons. The van der Waals surface area contributed by atoms with Crippen LogP contribution in [0.1, 0.15) is 60.3 Å². The Balaban J connectivity index is 1.49. The highest BCUT2D eigenvalue weighted by molar-refractivity contribution is 5.28. The van der Waals surface area contributed by atoms with E-state index in [1.165, 1.54) is 0 Å². The van der Waals surface area contributed by atoms with Crippen molar-refractivity contribution in [1.82, 2.24) is 9.13 Å². The maximum absolute atomic E-state index is 12.5. The molecule has 1 aliphatic rings. The Morgan fingerprint density at radius 1 is 0.774 bits per heavy atom. The molecular formula is C26H30N2O3. The van der Waals surface area contributed by atoms with Gasteiger partial charge in [0.2, 0.25) is 5.43 Å². The molecule has 0 aliphatic heterocycles. The zero-order chi connectivity index (χ0) is 22.0. The van der Waals surface area contributed by atoms with Crippen LogP contribution in [0.5, 0.6) is 5.75 Å². The summed E-state index contributed by atoms with van der Waals surface area (Å²) in [7, 11) is 0. The van der Waals surface area contributed by atoms with Gasteiger partial charge in [0.15, 0.2) is 11.2 Å². The molecule has 5 heteroatoms. The fourth-order valence-electron chi connectivity index (χ4n) is 4.70. The highest BCUT2D eigenvalue weighted by atomic mass is 16.5. The van der Waals surface area contributed by atoms with Crippen molar-refractivity contribution in [3.8, 4) is 5.75 Å². The molecule has 31 heavy (non-hydrogen) atoms.